The van der Waals surface area contributed by atoms with Gasteiger partial charge in [-0.05, 0) is 37.6 Å². The summed E-state index contributed by atoms with van der Waals surface area (Å²) in [5, 5.41) is 6.26. The first kappa shape index (κ1) is 22.4. The lowest BCUT2D eigenvalue weighted by Crippen LogP contribution is -2.16. The largest absolute Gasteiger partial charge is 0.462 e. The number of aromatic amines is 1. The number of carbonyl (C=O) groups is 2. The van der Waals surface area contributed by atoms with E-state index in [2.05, 4.69) is 15.3 Å². The number of nitrogens with one attached hydrogen (secondary N) is 2. The zero-order valence-corrected chi connectivity index (χ0v) is 19.8. The standard InChI is InChI=1S/C23H20ClN3O3S2/c1-3-30-22(29)20-15(14-6-4-5-7-16(14)24)11-31-21(20)27-19(28)12-32-23-25-17-9-8-13(2)10-18(17)26-23/h4-11H,3,12H2,1-2H3,(H,25,26)(H,27,28). The summed E-state index contributed by atoms with van der Waals surface area (Å²) in [7, 11) is 0. The summed E-state index contributed by atoms with van der Waals surface area (Å²) in [6.45, 7) is 3.98. The number of benzene rings is 2. The van der Waals surface area contributed by atoms with E-state index in [0.29, 0.717) is 31.9 Å². The number of anilines is 1. The van der Waals surface area contributed by atoms with Gasteiger partial charge in [0.05, 0.1) is 23.4 Å². The highest BCUT2D eigenvalue weighted by Gasteiger charge is 2.24. The maximum absolute atomic E-state index is 12.7. The van der Waals surface area contributed by atoms with E-state index in [9.17, 15) is 9.59 Å². The predicted molar refractivity (Wildman–Crippen MR) is 131 cm³/mol. The normalized spacial score (nSPS) is 11.0. The van der Waals surface area contributed by atoms with Crippen LogP contribution in [0.2, 0.25) is 5.02 Å². The van der Waals surface area contributed by atoms with E-state index in [1.807, 2.05) is 43.3 Å². The number of imidazole rings is 1. The second kappa shape index (κ2) is 9.77. The Morgan fingerprint density at radius 3 is 2.81 bits per heavy atom. The number of hydrogen-bond acceptors (Lipinski definition) is 6. The minimum atomic E-state index is -0.501. The number of ether oxygens (including phenoxy) is 1. The highest BCUT2D eigenvalue weighted by Crippen LogP contribution is 2.39. The van der Waals surface area contributed by atoms with Crippen molar-refractivity contribution in [1.29, 1.82) is 0 Å². The molecule has 0 aliphatic carbocycles. The summed E-state index contributed by atoms with van der Waals surface area (Å²) in [5.41, 5.74) is 4.57. The maximum atomic E-state index is 12.7. The molecule has 6 nitrogen and oxygen atoms in total. The van der Waals surface area contributed by atoms with Crippen LogP contribution in [0.3, 0.4) is 0 Å². The summed E-state index contributed by atoms with van der Waals surface area (Å²) in [6, 6.07) is 13.2. The first-order valence-corrected chi connectivity index (χ1v) is 12.1. The molecule has 1 amide bonds. The SMILES string of the molecule is CCOC(=O)c1c(-c2ccccc2Cl)csc1NC(=O)CSc1nc2ccc(C)cc2[nH]1. The van der Waals surface area contributed by atoms with Crippen LogP contribution >= 0.6 is 34.7 Å². The number of H-pyrrole nitrogens is 1. The molecule has 0 spiro atoms. The Balaban J connectivity index is 1.53. The van der Waals surface area contributed by atoms with Gasteiger partial charge in [0.1, 0.15) is 10.6 Å². The van der Waals surface area contributed by atoms with E-state index in [1.165, 1.54) is 23.1 Å². The number of esters is 1. The first-order valence-electron chi connectivity index (χ1n) is 9.88. The van der Waals surface area contributed by atoms with Crippen molar-refractivity contribution >= 4 is 62.6 Å². The van der Waals surface area contributed by atoms with Gasteiger partial charge < -0.3 is 15.0 Å². The molecule has 0 fully saturated rings. The molecular weight excluding hydrogens is 466 g/mol. The van der Waals surface area contributed by atoms with Gasteiger partial charge in [-0.1, -0.05) is 47.6 Å². The van der Waals surface area contributed by atoms with Gasteiger partial charge in [-0.15, -0.1) is 11.3 Å². The van der Waals surface area contributed by atoms with E-state index in [4.69, 9.17) is 16.3 Å². The van der Waals surface area contributed by atoms with E-state index < -0.39 is 5.97 Å². The molecule has 0 atom stereocenters. The number of aryl methyl sites for hydroxylation is 1. The van der Waals surface area contributed by atoms with Gasteiger partial charge in [0.25, 0.3) is 0 Å². The molecule has 2 aromatic heterocycles. The molecule has 0 aliphatic rings. The fourth-order valence-corrected chi connectivity index (χ4v) is 5.09. The summed E-state index contributed by atoms with van der Waals surface area (Å²) in [5.74, 6) is -0.607. The number of thiophene rings is 1. The molecule has 0 saturated heterocycles. The summed E-state index contributed by atoms with van der Waals surface area (Å²) in [6.07, 6.45) is 0. The first-order chi connectivity index (χ1) is 15.5. The molecule has 32 heavy (non-hydrogen) atoms. The van der Waals surface area contributed by atoms with Gasteiger partial charge in [-0.2, -0.15) is 0 Å². The van der Waals surface area contributed by atoms with Gasteiger partial charge >= 0.3 is 5.97 Å². The predicted octanol–water partition coefficient (Wildman–Crippen LogP) is 6.16. The minimum absolute atomic E-state index is 0.139. The molecule has 4 aromatic rings. The summed E-state index contributed by atoms with van der Waals surface area (Å²) < 4.78 is 5.24. The number of thioether (sulfide) groups is 1. The van der Waals surface area contributed by atoms with Crippen LogP contribution in [0.5, 0.6) is 0 Å². The van der Waals surface area contributed by atoms with Crippen LogP contribution in [-0.4, -0.2) is 34.2 Å². The van der Waals surface area contributed by atoms with Crippen molar-refractivity contribution in [3.8, 4) is 11.1 Å². The van der Waals surface area contributed by atoms with E-state index in [-0.39, 0.29) is 18.3 Å². The lowest BCUT2D eigenvalue weighted by Gasteiger charge is -2.09. The van der Waals surface area contributed by atoms with Crippen molar-refractivity contribution in [1.82, 2.24) is 9.97 Å². The Labute approximate surface area is 198 Å². The number of halogens is 1. The molecule has 0 unspecified atom stereocenters. The Kier molecular flexibility index (Phi) is 6.83. The van der Waals surface area contributed by atoms with Crippen LogP contribution in [0.15, 0.2) is 53.0 Å². The lowest BCUT2D eigenvalue weighted by molar-refractivity contribution is -0.113. The van der Waals surface area contributed by atoms with Crippen LogP contribution in [0, 0.1) is 6.92 Å². The fraction of sp³-hybridized carbons (Fsp3) is 0.174. The summed E-state index contributed by atoms with van der Waals surface area (Å²) in [4.78, 5) is 33.1. The van der Waals surface area contributed by atoms with Crippen LogP contribution in [0.1, 0.15) is 22.8 Å². The molecule has 9 heteroatoms. The molecule has 2 heterocycles. The Morgan fingerprint density at radius 1 is 1.22 bits per heavy atom. The molecule has 0 saturated carbocycles. The second-order valence-corrected chi connectivity index (χ2v) is 9.20. The van der Waals surface area contributed by atoms with Gasteiger partial charge in [0.15, 0.2) is 5.16 Å². The highest BCUT2D eigenvalue weighted by atomic mass is 35.5. The van der Waals surface area contributed by atoms with E-state index in [0.717, 1.165) is 16.6 Å². The molecule has 164 valence electrons. The topological polar surface area (TPSA) is 84.1 Å². The summed E-state index contributed by atoms with van der Waals surface area (Å²) >= 11 is 8.90. The molecule has 4 rings (SSSR count). The molecule has 0 aliphatic heterocycles. The average molecular weight is 486 g/mol. The fourth-order valence-electron chi connectivity index (χ4n) is 3.20. The van der Waals surface area contributed by atoms with Crippen molar-refractivity contribution < 1.29 is 14.3 Å². The highest BCUT2D eigenvalue weighted by molar-refractivity contribution is 7.99. The maximum Gasteiger partial charge on any atom is 0.341 e. The van der Waals surface area contributed by atoms with Gasteiger partial charge in [-0.25, -0.2) is 9.78 Å². The smallest absolute Gasteiger partial charge is 0.341 e. The molecule has 2 N–H and O–H groups in total. The van der Waals surface area contributed by atoms with Crippen molar-refractivity contribution in [2.24, 2.45) is 0 Å². The van der Waals surface area contributed by atoms with E-state index >= 15 is 0 Å². The molecule has 2 aromatic carbocycles. The third-order valence-corrected chi connectivity index (χ3v) is 6.74. The number of amides is 1. The lowest BCUT2D eigenvalue weighted by atomic mass is 10.0. The monoisotopic (exact) mass is 485 g/mol. The number of nitrogens with zero attached hydrogens (tertiary/aromatic N) is 1. The van der Waals surface area contributed by atoms with Crippen LogP contribution in [-0.2, 0) is 9.53 Å². The van der Waals surface area contributed by atoms with Gasteiger partial charge in [0, 0.05) is 21.5 Å². The molecular formula is C23H20ClN3O3S2. The van der Waals surface area contributed by atoms with Crippen molar-refractivity contribution in [2.75, 3.05) is 17.7 Å². The number of rotatable bonds is 7. The number of hydrogen-bond donors (Lipinski definition) is 2. The second-order valence-electron chi connectivity index (χ2n) is 6.95. The third-order valence-electron chi connectivity index (χ3n) is 4.64. The van der Waals surface area contributed by atoms with E-state index in [1.54, 1.807) is 18.4 Å². The van der Waals surface area contributed by atoms with Gasteiger partial charge in [0.2, 0.25) is 5.91 Å². The van der Waals surface area contributed by atoms with Gasteiger partial charge in [-0.3, -0.25) is 4.79 Å². The number of aromatic nitrogens is 2. The number of carbonyl (C=O) groups excluding carboxylic acids is 2. The van der Waals surface area contributed by atoms with Crippen LogP contribution < -0.4 is 5.32 Å². The minimum Gasteiger partial charge on any atom is -0.462 e. The zero-order chi connectivity index (χ0) is 22.7. The van der Waals surface area contributed by atoms with Crippen LogP contribution in [0.25, 0.3) is 22.2 Å². The Morgan fingerprint density at radius 2 is 2.03 bits per heavy atom. The third kappa shape index (κ3) is 4.82. The van der Waals surface area contributed by atoms with Crippen molar-refractivity contribution in [2.45, 2.75) is 19.0 Å². The van der Waals surface area contributed by atoms with Crippen molar-refractivity contribution in [3.63, 3.8) is 0 Å². The van der Waals surface area contributed by atoms with Crippen molar-refractivity contribution in [3.05, 3.63) is 64.0 Å². The van der Waals surface area contributed by atoms with Crippen LogP contribution in [0.4, 0.5) is 5.00 Å². The average Bonchev–Trinajstić information content (AvgIpc) is 3.36. The zero-order valence-electron chi connectivity index (χ0n) is 17.4. The molecule has 0 bridgehead atoms. The Hall–Kier alpha value is -2.81. The Bertz CT molecular complexity index is 1300. The molecule has 0 radical (unpaired) electrons. The number of fused-ring (bicyclic) bond motifs is 1. The quantitative estimate of drug-likeness (QED) is 0.242.